The van der Waals surface area contributed by atoms with E-state index in [1.165, 1.54) is 10.3 Å². The maximum absolute atomic E-state index is 9.15. The second kappa shape index (κ2) is 8.37. The minimum atomic E-state index is 0.0246. The maximum atomic E-state index is 9.15. The highest BCUT2D eigenvalue weighted by Crippen LogP contribution is 2.30. The fourth-order valence-corrected chi connectivity index (χ4v) is 4.62. The second-order valence-corrected chi connectivity index (χ2v) is 8.25. The predicted octanol–water partition coefficient (Wildman–Crippen LogP) is 3.71. The Bertz CT molecular complexity index is 1350. The number of rotatable bonds is 7. The Morgan fingerprint density at radius 1 is 1.16 bits per heavy atom. The highest BCUT2D eigenvalue weighted by atomic mass is 32.1. The van der Waals surface area contributed by atoms with Crippen molar-refractivity contribution in [1.29, 1.82) is 0 Å². The summed E-state index contributed by atoms with van der Waals surface area (Å²) in [7, 11) is 0. The molecule has 0 amide bonds. The molecule has 0 aliphatic rings. The first-order valence-corrected chi connectivity index (χ1v) is 10.9. The molecule has 9 heteroatoms. The summed E-state index contributed by atoms with van der Waals surface area (Å²) >= 11 is 1.73. The van der Waals surface area contributed by atoms with Crippen molar-refractivity contribution >= 4 is 38.4 Å². The van der Waals surface area contributed by atoms with Crippen molar-refractivity contribution in [2.24, 2.45) is 0 Å². The molecule has 1 atom stereocenters. The third kappa shape index (κ3) is 3.85. The summed E-state index contributed by atoms with van der Waals surface area (Å²) in [5.74, 6) is 1.05. The monoisotopic (exact) mass is 431 g/mol. The molecule has 8 nitrogen and oxygen atoms in total. The maximum Gasteiger partial charge on any atom is 0.157 e. The highest BCUT2D eigenvalue weighted by Gasteiger charge is 2.13. The Hall–Kier alpha value is -3.43. The average molecular weight is 432 g/mol. The van der Waals surface area contributed by atoms with Gasteiger partial charge < -0.3 is 10.4 Å². The summed E-state index contributed by atoms with van der Waals surface area (Å²) < 4.78 is 2.90. The van der Waals surface area contributed by atoms with E-state index in [0.29, 0.717) is 6.54 Å². The first-order valence-electron chi connectivity index (χ1n) is 10.0. The zero-order valence-electron chi connectivity index (χ0n) is 16.9. The van der Waals surface area contributed by atoms with E-state index in [1.54, 1.807) is 34.7 Å². The average Bonchev–Trinajstić information content (AvgIpc) is 3.42. The van der Waals surface area contributed by atoms with Crippen molar-refractivity contribution < 1.29 is 5.11 Å². The molecular weight excluding hydrogens is 410 g/mol. The van der Waals surface area contributed by atoms with E-state index in [0.717, 1.165) is 40.2 Å². The molecule has 5 rings (SSSR count). The molecule has 31 heavy (non-hydrogen) atoms. The summed E-state index contributed by atoms with van der Waals surface area (Å²) in [4.78, 5) is 17.8. The minimum Gasteiger partial charge on any atom is -0.394 e. The van der Waals surface area contributed by atoms with Gasteiger partial charge in [0.15, 0.2) is 5.65 Å². The molecule has 0 saturated carbocycles. The first-order chi connectivity index (χ1) is 15.2. The number of nitrogens with zero attached hydrogens (tertiary/aromatic N) is 6. The van der Waals surface area contributed by atoms with Gasteiger partial charge in [0.1, 0.15) is 12.1 Å². The quantitative estimate of drug-likeness (QED) is 0.405. The number of anilines is 1. The van der Waals surface area contributed by atoms with Crippen molar-refractivity contribution in [3.8, 4) is 11.3 Å². The number of fused-ring (bicyclic) bond motifs is 2. The van der Waals surface area contributed by atoms with Crippen molar-refractivity contribution in [1.82, 2.24) is 29.7 Å². The number of aromatic nitrogens is 6. The van der Waals surface area contributed by atoms with E-state index in [9.17, 15) is 0 Å². The molecule has 0 spiro atoms. The molecule has 5 aromatic rings. The van der Waals surface area contributed by atoms with E-state index in [-0.39, 0.29) is 12.5 Å². The van der Waals surface area contributed by atoms with Gasteiger partial charge in [-0.05, 0) is 29.1 Å². The van der Waals surface area contributed by atoms with Crippen LogP contribution in [0.4, 0.5) is 5.82 Å². The van der Waals surface area contributed by atoms with Gasteiger partial charge in [-0.2, -0.15) is 5.10 Å². The lowest BCUT2D eigenvalue weighted by molar-refractivity contribution is 0.271. The van der Waals surface area contributed by atoms with Crippen LogP contribution in [0, 0.1) is 0 Å². The molecule has 1 unspecified atom stereocenters. The normalized spacial score (nSPS) is 12.5. The van der Waals surface area contributed by atoms with Crippen LogP contribution < -0.4 is 5.32 Å². The van der Waals surface area contributed by atoms with Gasteiger partial charge >= 0.3 is 0 Å². The standard InChI is InChI=1S/C22H21N7OS/c1-14(17-12-31-19-3-2-4-23-21(17)19)9-24-20-8-18(26-13-27-20)15-7-16-11-28-29(5-6-30)22(16)25-10-15/h2-4,7-8,10-14,30H,5-6,9H2,1H3,(H,24,26,27). The van der Waals surface area contributed by atoms with E-state index >= 15 is 0 Å². The third-order valence-corrected chi connectivity index (χ3v) is 6.18. The van der Waals surface area contributed by atoms with Crippen LogP contribution in [-0.4, -0.2) is 48.0 Å². The molecule has 5 aromatic heterocycles. The number of aliphatic hydroxyl groups is 1. The van der Waals surface area contributed by atoms with Crippen molar-refractivity contribution in [3.05, 3.63) is 60.1 Å². The lowest BCUT2D eigenvalue weighted by Crippen LogP contribution is -2.11. The molecule has 0 aromatic carbocycles. The molecule has 0 fully saturated rings. The zero-order chi connectivity index (χ0) is 21.2. The van der Waals surface area contributed by atoms with E-state index in [1.807, 2.05) is 24.4 Å². The molecule has 0 bridgehead atoms. The van der Waals surface area contributed by atoms with Crippen LogP contribution >= 0.6 is 11.3 Å². The molecular formula is C22H21N7OS. The fourth-order valence-electron chi connectivity index (χ4n) is 3.58. The molecule has 2 N–H and O–H groups in total. The van der Waals surface area contributed by atoms with Crippen LogP contribution in [0.1, 0.15) is 18.4 Å². The summed E-state index contributed by atoms with van der Waals surface area (Å²) in [6, 6.07) is 8.00. The summed E-state index contributed by atoms with van der Waals surface area (Å²) in [6.07, 6.45) is 6.93. The molecule has 0 aliphatic carbocycles. The second-order valence-electron chi connectivity index (χ2n) is 7.34. The highest BCUT2D eigenvalue weighted by molar-refractivity contribution is 7.17. The van der Waals surface area contributed by atoms with Gasteiger partial charge in [-0.25, -0.2) is 19.6 Å². The Labute approximate surface area is 182 Å². The van der Waals surface area contributed by atoms with Crippen LogP contribution in [0.3, 0.4) is 0 Å². The Morgan fingerprint density at radius 2 is 2.10 bits per heavy atom. The van der Waals surface area contributed by atoms with E-state index < -0.39 is 0 Å². The minimum absolute atomic E-state index is 0.0246. The van der Waals surface area contributed by atoms with Gasteiger partial charge in [0.25, 0.3) is 0 Å². The number of pyridine rings is 2. The van der Waals surface area contributed by atoms with Crippen molar-refractivity contribution in [2.75, 3.05) is 18.5 Å². The van der Waals surface area contributed by atoms with Gasteiger partial charge in [0, 0.05) is 41.9 Å². The van der Waals surface area contributed by atoms with Crippen LogP contribution in [0.15, 0.2) is 54.6 Å². The predicted molar refractivity (Wildman–Crippen MR) is 122 cm³/mol. The number of hydrogen-bond acceptors (Lipinski definition) is 8. The fraction of sp³-hybridized carbons (Fsp3) is 0.227. The Morgan fingerprint density at radius 3 is 3.00 bits per heavy atom. The lowest BCUT2D eigenvalue weighted by atomic mass is 10.0. The topological polar surface area (TPSA) is 102 Å². The van der Waals surface area contributed by atoms with Crippen LogP contribution in [-0.2, 0) is 6.54 Å². The number of aliphatic hydroxyl groups excluding tert-OH is 1. The lowest BCUT2D eigenvalue weighted by Gasteiger charge is -2.13. The van der Waals surface area contributed by atoms with E-state index in [2.05, 4.69) is 48.7 Å². The zero-order valence-corrected chi connectivity index (χ0v) is 17.8. The largest absolute Gasteiger partial charge is 0.394 e. The van der Waals surface area contributed by atoms with Crippen LogP contribution in [0.5, 0.6) is 0 Å². The number of nitrogens with one attached hydrogen (secondary N) is 1. The Kier molecular flexibility index (Phi) is 5.27. The molecule has 0 radical (unpaired) electrons. The molecule has 0 aliphatic heterocycles. The Balaban J connectivity index is 1.34. The summed E-state index contributed by atoms with van der Waals surface area (Å²) in [5.41, 5.74) is 4.75. The van der Waals surface area contributed by atoms with Gasteiger partial charge in [-0.1, -0.05) is 6.92 Å². The van der Waals surface area contributed by atoms with Gasteiger partial charge in [0.2, 0.25) is 0 Å². The third-order valence-electron chi connectivity index (χ3n) is 5.23. The number of hydrogen-bond donors (Lipinski definition) is 2. The number of thiophene rings is 1. The van der Waals surface area contributed by atoms with Gasteiger partial charge in [-0.3, -0.25) is 4.98 Å². The molecule has 156 valence electrons. The van der Waals surface area contributed by atoms with Crippen molar-refractivity contribution in [2.45, 2.75) is 19.4 Å². The van der Waals surface area contributed by atoms with Gasteiger partial charge in [0.05, 0.1) is 35.3 Å². The summed E-state index contributed by atoms with van der Waals surface area (Å²) in [5, 5.41) is 19.9. The summed E-state index contributed by atoms with van der Waals surface area (Å²) in [6.45, 7) is 3.37. The molecule has 5 heterocycles. The van der Waals surface area contributed by atoms with Crippen molar-refractivity contribution in [3.63, 3.8) is 0 Å². The van der Waals surface area contributed by atoms with Crippen LogP contribution in [0.2, 0.25) is 0 Å². The SMILES string of the molecule is CC(CNc1cc(-c2cnc3c(cnn3CCO)c2)ncn1)c1csc2cccnc12. The molecule has 0 saturated heterocycles. The van der Waals surface area contributed by atoms with Gasteiger partial charge in [-0.15, -0.1) is 11.3 Å². The van der Waals surface area contributed by atoms with Crippen LogP contribution in [0.25, 0.3) is 32.5 Å². The smallest absolute Gasteiger partial charge is 0.157 e. The van der Waals surface area contributed by atoms with E-state index in [4.69, 9.17) is 5.11 Å². The first kappa shape index (κ1) is 19.5.